The van der Waals surface area contributed by atoms with Crippen LogP contribution in [0, 0.1) is 5.41 Å². The van der Waals surface area contributed by atoms with E-state index in [1.165, 1.54) is 0 Å². The Hall–Kier alpha value is -0.830. The van der Waals surface area contributed by atoms with E-state index in [0.717, 1.165) is 18.5 Å². The Morgan fingerprint density at radius 3 is 2.00 bits per heavy atom. The molecule has 0 aliphatic heterocycles. The summed E-state index contributed by atoms with van der Waals surface area (Å²) in [5, 5.41) is 0. The summed E-state index contributed by atoms with van der Waals surface area (Å²) in [5.41, 5.74) is 0.615. The van der Waals surface area contributed by atoms with Gasteiger partial charge in [0.1, 0.15) is 6.61 Å². The zero-order chi connectivity index (χ0) is 15.9. The fourth-order valence-corrected chi connectivity index (χ4v) is 2.33. The number of carbonyl (C=O) groups is 1. The van der Waals surface area contributed by atoms with E-state index in [9.17, 15) is 4.79 Å². The second-order valence-corrected chi connectivity index (χ2v) is 6.84. The van der Waals surface area contributed by atoms with Crippen LogP contribution >= 0.6 is 0 Å². The van der Waals surface area contributed by atoms with Crippen molar-refractivity contribution in [2.45, 2.75) is 73.9 Å². The molecule has 3 heteroatoms. The van der Waals surface area contributed by atoms with Gasteiger partial charge < -0.3 is 4.74 Å². The smallest absolute Gasteiger partial charge is 0.334 e. The van der Waals surface area contributed by atoms with E-state index < -0.39 is 0 Å². The molecule has 0 unspecified atom stereocenters. The van der Waals surface area contributed by atoms with Crippen LogP contribution in [0.15, 0.2) is 11.6 Å². The molecule has 0 bridgehead atoms. The number of esters is 1. The van der Waals surface area contributed by atoms with Crippen LogP contribution in [0.3, 0.4) is 0 Å². The number of allylic oxidation sites excluding steroid dienone is 1. The second-order valence-electron chi connectivity index (χ2n) is 6.84. The van der Waals surface area contributed by atoms with Crippen molar-refractivity contribution < 1.29 is 9.53 Å². The average Bonchev–Trinajstić information content (AvgIpc) is 2.28. The summed E-state index contributed by atoms with van der Waals surface area (Å²) in [6.07, 6.45) is 2.83. The fourth-order valence-electron chi connectivity index (χ4n) is 2.33. The van der Waals surface area contributed by atoms with Crippen LogP contribution in [-0.4, -0.2) is 36.1 Å². The molecule has 0 aromatic rings. The predicted molar refractivity (Wildman–Crippen MR) is 85.8 cm³/mol. The van der Waals surface area contributed by atoms with Gasteiger partial charge in [0.05, 0.1) is 0 Å². The van der Waals surface area contributed by atoms with E-state index in [1.54, 1.807) is 0 Å². The van der Waals surface area contributed by atoms with Gasteiger partial charge in [0.25, 0.3) is 0 Å². The Morgan fingerprint density at radius 1 is 1.15 bits per heavy atom. The van der Waals surface area contributed by atoms with Gasteiger partial charge in [-0.2, -0.15) is 0 Å². The molecule has 3 nitrogen and oxygen atoms in total. The van der Waals surface area contributed by atoms with Crippen molar-refractivity contribution >= 4 is 5.97 Å². The minimum Gasteiger partial charge on any atom is -0.461 e. The van der Waals surface area contributed by atoms with E-state index >= 15 is 0 Å². The molecule has 0 aromatic carbocycles. The van der Waals surface area contributed by atoms with Crippen molar-refractivity contribution in [2.75, 3.05) is 13.2 Å². The molecule has 0 spiro atoms. The zero-order valence-electron chi connectivity index (χ0n) is 14.6. The van der Waals surface area contributed by atoms with E-state index in [0.29, 0.717) is 18.7 Å². The van der Waals surface area contributed by atoms with Crippen molar-refractivity contribution in [3.63, 3.8) is 0 Å². The normalized spacial score (nSPS) is 13.4. The highest BCUT2D eigenvalue weighted by atomic mass is 16.5. The Kier molecular flexibility index (Phi) is 8.10. The third-order valence-corrected chi connectivity index (χ3v) is 3.35. The first-order valence-corrected chi connectivity index (χ1v) is 7.74. The Bertz CT molecular complexity index is 316. The molecule has 0 aliphatic carbocycles. The molecular weight excluding hydrogens is 250 g/mol. The predicted octanol–water partition coefficient (Wildman–Crippen LogP) is 4.03. The molecule has 0 aliphatic rings. The fraction of sp³-hybridized carbons (Fsp3) is 0.824. The molecule has 0 heterocycles. The van der Waals surface area contributed by atoms with E-state index in [2.05, 4.69) is 32.6 Å². The van der Waals surface area contributed by atoms with Crippen molar-refractivity contribution in [2.24, 2.45) is 5.41 Å². The SMILES string of the molecule is CCC=C(C(=O)OCCN(C(C)C)C(C)C)C(C)(C)C. The van der Waals surface area contributed by atoms with Crippen molar-refractivity contribution in [1.82, 2.24) is 4.90 Å². The monoisotopic (exact) mass is 283 g/mol. The van der Waals surface area contributed by atoms with Gasteiger partial charge in [0.15, 0.2) is 0 Å². The highest BCUT2D eigenvalue weighted by Gasteiger charge is 2.24. The van der Waals surface area contributed by atoms with E-state index in [4.69, 9.17) is 4.74 Å². The molecule has 0 saturated carbocycles. The second kappa shape index (κ2) is 8.46. The summed E-state index contributed by atoms with van der Waals surface area (Å²) in [6.45, 7) is 18.1. The lowest BCUT2D eigenvalue weighted by Crippen LogP contribution is -2.39. The number of rotatable bonds is 7. The number of ether oxygens (including phenoxy) is 1. The molecule has 0 fully saturated rings. The van der Waals surface area contributed by atoms with Crippen LogP contribution in [0.2, 0.25) is 0 Å². The standard InChI is InChI=1S/C17H33NO2/c1-9-10-15(17(6,7)8)16(19)20-12-11-18(13(2)3)14(4)5/h10,13-14H,9,11-12H2,1-8H3. The number of nitrogens with zero attached hydrogens (tertiary/aromatic N) is 1. The van der Waals surface area contributed by atoms with Crippen LogP contribution in [0.5, 0.6) is 0 Å². The summed E-state index contributed by atoms with van der Waals surface area (Å²) in [6, 6.07) is 0.920. The maximum Gasteiger partial charge on any atom is 0.334 e. The van der Waals surface area contributed by atoms with Gasteiger partial charge in [-0.3, -0.25) is 4.90 Å². The molecular formula is C17H33NO2. The first-order valence-electron chi connectivity index (χ1n) is 7.74. The van der Waals surface area contributed by atoms with Crippen molar-refractivity contribution in [3.8, 4) is 0 Å². The topological polar surface area (TPSA) is 29.5 Å². The van der Waals surface area contributed by atoms with Gasteiger partial charge >= 0.3 is 5.97 Å². The first kappa shape index (κ1) is 19.2. The average molecular weight is 283 g/mol. The molecule has 118 valence electrons. The minimum absolute atomic E-state index is 0.164. The molecule has 0 aromatic heterocycles. The summed E-state index contributed by atoms with van der Waals surface area (Å²) in [4.78, 5) is 14.5. The molecule has 0 rings (SSSR count). The summed E-state index contributed by atoms with van der Waals surface area (Å²) >= 11 is 0. The van der Waals surface area contributed by atoms with Gasteiger partial charge in [-0.15, -0.1) is 0 Å². The maximum absolute atomic E-state index is 12.2. The highest BCUT2D eigenvalue weighted by Crippen LogP contribution is 2.26. The minimum atomic E-state index is -0.174. The van der Waals surface area contributed by atoms with Gasteiger partial charge in [-0.25, -0.2) is 4.79 Å². The zero-order valence-corrected chi connectivity index (χ0v) is 14.6. The number of hydrogen-bond acceptors (Lipinski definition) is 3. The molecule has 0 saturated heterocycles. The third-order valence-electron chi connectivity index (χ3n) is 3.35. The molecule has 0 radical (unpaired) electrons. The van der Waals surface area contributed by atoms with Crippen LogP contribution < -0.4 is 0 Å². The third kappa shape index (κ3) is 6.56. The van der Waals surface area contributed by atoms with Gasteiger partial charge in [-0.1, -0.05) is 33.8 Å². The van der Waals surface area contributed by atoms with E-state index in [1.807, 2.05) is 33.8 Å². The van der Waals surface area contributed by atoms with E-state index in [-0.39, 0.29) is 11.4 Å². The van der Waals surface area contributed by atoms with Crippen LogP contribution in [0.1, 0.15) is 61.8 Å². The summed E-state index contributed by atoms with van der Waals surface area (Å²) < 4.78 is 5.47. The first-order chi connectivity index (χ1) is 9.11. The molecule has 0 amide bonds. The molecule has 20 heavy (non-hydrogen) atoms. The lowest BCUT2D eigenvalue weighted by atomic mass is 9.86. The highest BCUT2D eigenvalue weighted by molar-refractivity contribution is 5.89. The van der Waals surface area contributed by atoms with Crippen molar-refractivity contribution in [3.05, 3.63) is 11.6 Å². The Balaban J connectivity index is 4.51. The van der Waals surface area contributed by atoms with Gasteiger partial charge in [-0.05, 0) is 39.5 Å². The quantitative estimate of drug-likeness (QED) is 0.522. The van der Waals surface area contributed by atoms with Gasteiger partial charge in [0, 0.05) is 24.2 Å². The maximum atomic E-state index is 12.2. The van der Waals surface area contributed by atoms with Crippen LogP contribution in [0.4, 0.5) is 0 Å². The number of hydrogen-bond donors (Lipinski definition) is 0. The lowest BCUT2D eigenvalue weighted by molar-refractivity contribution is -0.140. The van der Waals surface area contributed by atoms with Crippen molar-refractivity contribution in [1.29, 1.82) is 0 Å². The lowest BCUT2D eigenvalue weighted by Gasteiger charge is -2.30. The molecule has 0 N–H and O–H groups in total. The van der Waals surface area contributed by atoms with Crippen LogP contribution in [0.25, 0.3) is 0 Å². The summed E-state index contributed by atoms with van der Waals surface area (Å²) in [5.74, 6) is -0.174. The largest absolute Gasteiger partial charge is 0.461 e. The molecule has 0 atom stereocenters. The Labute approximate surface area is 125 Å². The van der Waals surface area contributed by atoms with Crippen LogP contribution in [-0.2, 0) is 9.53 Å². The summed E-state index contributed by atoms with van der Waals surface area (Å²) in [7, 11) is 0. The van der Waals surface area contributed by atoms with Gasteiger partial charge in [0.2, 0.25) is 0 Å². The Morgan fingerprint density at radius 2 is 1.65 bits per heavy atom. The number of carbonyl (C=O) groups excluding carboxylic acids is 1.